The number of carbonyl (C=O) groups excluding carboxylic acids is 11. The molecule has 11 N–H and O–H groups in total. The van der Waals surface area contributed by atoms with Crippen molar-refractivity contribution in [2.75, 3.05) is 27.3 Å². The van der Waals surface area contributed by atoms with Crippen molar-refractivity contribution < 1.29 is 67.0 Å². The van der Waals surface area contributed by atoms with Gasteiger partial charge in [0.15, 0.2) is 0 Å². The van der Waals surface area contributed by atoms with Gasteiger partial charge in [0, 0.05) is 84.3 Å². The molecule has 4 heterocycles. The minimum atomic E-state index is -0.859. The number of H-pyrrole nitrogens is 2. The van der Waals surface area contributed by atoms with E-state index in [2.05, 4.69) is 38.1 Å². The van der Waals surface area contributed by atoms with Crippen molar-refractivity contribution in [3.8, 4) is 23.6 Å². The normalized spacial score (nSPS) is 23.7. The lowest BCUT2D eigenvalue weighted by atomic mass is 9.72. The van der Waals surface area contributed by atoms with Crippen LogP contribution in [0.15, 0.2) is 48.5 Å². The Bertz CT molecular complexity index is 3680. The van der Waals surface area contributed by atoms with Crippen LogP contribution in [0.3, 0.4) is 0 Å². The van der Waals surface area contributed by atoms with Crippen LogP contribution in [0.5, 0.6) is 11.5 Å². The number of primary amides is 2. The van der Waals surface area contributed by atoms with Crippen LogP contribution >= 0.6 is 0 Å². The first-order valence-electron chi connectivity index (χ1n) is 36.9. The van der Waals surface area contributed by atoms with Gasteiger partial charge in [0.25, 0.3) is 11.8 Å². The Morgan fingerprint density at radius 1 is 0.553 bits per heavy atom. The molecular formula is C77H104N12O14. The predicted molar refractivity (Wildman–Crippen MR) is 382 cm³/mol. The van der Waals surface area contributed by atoms with Crippen LogP contribution in [0.25, 0.3) is 21.8 Å². The van der Waals surface area contributed by atoms with E-state index >= 15 is 0 Å². The monoisotopic (exact) mass is 1420 g/mol. The summed E-state index contributed by atoms with van der Waals surface area (Å²) in [6, 6.07) is 14.9. The van der Waals surface area contributed by atoms with Crippen molar-refractivity contribution in [2.45, 2.75) is 242 Å². The first-order valence-corrected chi connectivity index (χ1v) is 36.9. The summed E-state index contributed by atoms with van der Waals surface area (Å²) in [5.74, 6) is -0.636. The molecule has 2 aromatic carbocycles. The Morgan fingerprint density at radius 2 is 0.932 bits per heavy atom. The van der Waals surface area contributed by atoms with E-state index in [0.29, 0.717) is 93.8 Å². The number of hydrogen-bond acceptors (Lipinski definition) is 17. The van der Waals surface area contributed by atoms with E-state index in [9.17, 15) is 63.3 Å². The van der Waals surface area contributed by atoms with E-state index in [1.165, 1.54) is 12.8 Å². The summed E-state index contributed by atoms with van der Waals surface area (Å²) in [4.78, 5) is 145. The number of fused-ring (bicyclic) bond motifs is 2. The van der Waals surface area contributed by atoms with Crippen LogP contribution in [-0.2, 0) is 43.1 Å². The molecule has 0 radical (unpaired) electrons. The number of nitrogens with two attached hydrogens (primary N) is 3. The molecule has 8 aliphatic rings. The van der Waals surface area contributed by atoms with E-state index in [1.807, 2.05) is 36.4 Å². The van der Waals surface area contributed by atoms with E-state index in [1.54, 1.807) is 56.9 Å². The maximum absolute atomic E-state index is 13.8. The molecule has 6 aliphatic carbocycles. The number of likely N-dealkylation sites (tertiary alicyclic amines) is 2. The summed E-state index contributed by atoms with van der Waals surface area (Å²) in [6.45, 7) is 6.26. The fraction of sp³-hybridized carbons (Fsp3) is 0.623. The number of amides is 7. The Hall–Kier alpha value is -9.17. The molecule has 4 aromatic rings. The lowest BCUT2D eigenvalue weighted by Gasteiger charge is -2.32. The number of hydrogen-bond donors (Lipinski definition) is 8. The first-order chi connectivity index (χ1) is 49.1. The van der Waals surface area contributed by atoms with Crippen molar-refractivity contribution >= 4 is 86.5 Å². The predicted octanol–water partition coefficient (Wildman–Crippen LogP) is 8.90. The number of alkyl carbamates (subject to hydrolysis) is 1. The fourth-order valence-corrected chi connectivity index (χ4v) is 16.8. The maximum atomic E-state index is 13.8. The summed E-state index contributed by atoms with van der Waals surface area (Å²) in [5.41, 5.74) is 17.3. The van der Waals surface area contributed by atoms with Gasteiger partial charge in [-0.25, -0.2) is 4.79 Å². The molecule has 8 fully saturated rings. The van der Waals surface area contributed by atoms with Gasteiger partial charge >= 0.3 is 6.09 Å². The minimum Gasteiger partial charge on any atom is -0.496 e. The third-order valence-corrected chi connectivity index (χ3v) is 22.3. The van der Waals surface area contributed by atoms with Crippen molar-refractivity contribution in [2.24, 2.45) is 51.7 Å². The number of Topliss-reactive ketones (excluding diaryl/α,β-unsaturated/α-hetero) is 4. The standard InChI is InChI=1S/2C28H34N4O4.C13H22N2O4.C8H14N2O2/c2*1-36-25-10-6-8-21-20(25)14-22(31-21)27(35)32-17-28(11-3-2-4-12-28)15-23(32)26(34)30-19(16-29)13-18-7-5-9-24(18)33;1-13(2,3)19-12(18)15-9(11(14)17)7-8-5-4-6-10(8)16;9-6(8(10)12)4-5-2-1-3-7(5)11/h2*6,8,10,14,18-19,23,31H,2-5,7,9,11-13,15,17H2,1H3,(H,30,34);8-9H,4-7H2,1-3H3,(H2,14,17)(H,15,18);5-6H,1-4,9H2,(H2,10,12)/t2*18-,19-,23?;8-,9-;5-,6-/m0000/s1. The van der Waals surface area contributed by atoms with Gasteiger partial charge in [-0.3, -0.25) is 47.9 Å². The lowest BCUT2D eigenvalue weighted by Crippen LogP contribution is -2.49. The van der Waals surface area contributed by atoms with Crippen LogP contribution in [0, 0.1) is 57.2 Å². The number of ketones is 4. The molecule has 2 aliphatic heterocycles. The molecule has 26 nitrogen and oxygen atoms in total. The minimum absolute atomic E-state index is 0.0208. The number of nitrogens with one attached hydrogen (secondary N) is 5. The summed E-state index contributed by atoms with van der Waals surface area (Å²) in [7, 11) is 3.20. The second kappa shape index (κ2) is 34.9. The van der Waals surface area contributed by atoms with E-state index in [-0.39, 0.29) is 87.7 Å². The van der Waals surface area contributed by atoms with Gasteiger partial charge in [-0.05, 0) is 184 Å². The summed E-state index contributed by atoms with van der Waals surface area (Å²) in [5, 5.41) is 29.3. The van der Waals surface area contributed by atoms with E-state index in [4.69, 9.17) is 31.4 Å². The zero-order chi connectivity index (χ0) is 74.3. The van der Waals surface area contributed by atoms with Gasteiger partial charge in [0.2, 0.25) is 23.6 Å². The van der Waals surface area contributed by atoms with Gasteiger partial charge in [0.05, 0.1) is 32.4 Å². The Labute approximate surface area is 602 Å². The second-order valence-electron chi connectivity index (χ2n) is 30.8. The molecule has 7 amide bonds. The van der Waals surface area contributed by atoms with Crippen molar-refractivity contribution in [3.05, 3.63) is 59.9 Å². The molecule has 6 saturated carbocycles. The Kier molecular flexibility index (Phi) is 26.4. The number of aromatic nitrogens is 2. The lowest BCUT2D eigenvalue weighted by molar-refractivity contribution is -0.126. The average Bonchev–Trinajstić information content (AvgIpc) is 1.62. The number of rotatable bonds is 19. The Morgan fingerprint density at radius 3 is 1.26 bits per heavy atom. The molecule has 2 spiro atoms. The molecule has 12 rings (SSSR count). The van der Waals surface area contributed by atoms with Crippen molar-refractivity contribution in [1.82, 2.24) is 35.7 Å². The number of benzene rings is 2. The smallest absolute Gasteiger partial charge is 0.408 e. The topological polar surface area (TPSA) is 415 Å². The molecule has 2 aromatic heterocycles. The highest BCUT2D eigenvalue weighted by Gasteiger charge is 2.51. The van der Waals surface area contributed by atoms with Gasteiger partial charge in [-0.2, -0.15) is 10.5 Å². The zero-order valence-corrected chi connectivity index (χ0v) is 60.3. The van der Waals surface area contributed by atoms with Gasteiger partial charge < -0.3 is 67.1 Å². The highest BCUT2D eigenvalue weighted by Crippen LogP contribution is 2.49. The van der Waals surface area contributed by atoms with Crippen molar-refractivity contribution in [1.29, 1.82) is 10.5 Å². The first kappa shape index (κ1) is 78.0. The number of nitriles is 2. The number of nitrogens with zero attached hydrogens (tertiary/aromatic N) is 4. The molecular weight excluding hydrogens is 1320 g/mol. The quantitative estimate of drug-likeness (QED) is 0.0434. The number of aromatic amines is 2. The SMILES string of the molecule is CC(C)(C)OC(=O)N[C@@H](C[C@@H]1CCCC1=O)C(N)=O.COc1cccc2[nH]c(C(=O)N3CC4(CCCCC4)CC3C(=O)N[C@H](C#N)C[C@@H]3CCCC3=O)cc12.COc1cccc2[nH]c(C(=O)N3CC4(CCCCC4)CC3C(=O)N[C@H](C#N)C[C@@H]3CCCC3=O)cc12.NC(=O)[C@@H](N)C[C@@H]1CCCC1=O. The molecule has 2 unspecified atom stereocenters. The highest BCUT2D eigenvalue weighted by atomic mass is 16.6. The number of ether oxygens (including phenoxy) is 3. The summed E-state index contributed by atoms with van der Waals surface area (Å²) < 4.78 is 16.0. The number of methoxy groups -OCH3 is 2. The third-order valence-electron chi connectivity index (χ3n) is 22.3. The second-order valence-corrected chi connectivity index (χ2v) is 30.8. The van der Waals surface area contributed by atoms with Gasteiger partial charge in [-0.1, -0.05) is 50.7 Å². The summed E-state index contributed by atoms with van der Waals surface area (Å²) >= 11 is 0. The maximum Gasteiger partial charge on any atom is 0.408 e. The van der Waals surface area contributed by atoms with E-state index < -0.39 is 59.8 Å². The zero-order valence-electron chi connectivity index (χ0n) is 60.3. The fourth-order valence-electron chi connectivity index (χ4n) is 16.8. The van der Waals surface area contributed by atoms with E-state index in [0.717, 1.165) is 125 Å². The molecule has 103 heavy (non-hydrogen) atoms. The van der Waals surface area contributed by atoms with Crippen LogP contribution in [0.4, 0.5) is 4.79 Å². The van der Waals surface area contributed by atoms with Crippen LogP contribution in [0.1, 0.15) is 222 Å². The Balaban J connectivity index is 0.000000172. The molecule has 556 valence electrons. The largest absolute Gasteiger partial charge is 0.496 e. The van der Waals surface area contributed by atoms with Crippen molar-refractivity contribution in [3.63, 3.8) is 0 Å². The average molecular weight is 1420 g/mol. The van der Waals surface area contributed by atoms with Crippen LogP contribution in [0.2, 0.25) is 0 Å². The summed E-state index contributed by atoms with van der Waals surface area (Å²) in [6.07, 6.45) is 21.5. The van der Waals surface area contributed by atoms with Crippen LogP contribution < -0.4 is 42.6 Å². The highest BCUT2D eigenvalue weighted by molar-refractivity contribution is 6.03. The molecule has 0 bridgehead atoms. The van der Waals surface area contributed by atoms with Crippen LogP contribution in [-0.4, -0.2) is 154 Å². The van der Waals surface area contributed by atoms with Gasteiger partial charge in [-0.15, -0.1) is 0 Å². The number of carbonyl (C=O) groups is 11. The molecule has 26 heteroatoms. The third kappa shape index (κ3) is 20.0. The van der Waals surface area contributed by atoms with Gasteiger partial charge in [0.1, 0.15) is 81.8 Å². The molecule has 10 atom stereocenters. The molecule has 2 saturated heterocycles.